The molecule has 0 aromatic carbocycles. The van der Waals surface area contributed by atoms with E-state index in [1.54, 1.807) is 6.92 Å². The summed E-state index contributed by atoms with van der Waals surface area (Å²) in [5.74, 6) is 0.670. The van der Waals surface area contributed by atoms with Gasteiger partial charge in [-0.1, -0.05) is 0 Å². The molecular weight excluding hydrogens is 244 g/mol. The van der Waals surface area contributed by atoms with Gasteiger partial charge in [0.2, 0.25) is 5.91 Å². The lowest BCUT2D eigenvalue weighted by molar-refractivity contribution is -0.132. The van der Waals surface area contributed by atoms with Gasteiger partial charge in [0, 0.05) is 13.2 Å². The van der Waals surface area contributed by atoms with Crippen LogP contribution in [0.3, 0.4) is 0 Å². The number of hydrogen-bond acceptors (Lipinski definition) is 4. The van der Waals surface area contributed by atoms with E-state index >= 15 is 0 Å². The van der Waals surface area contributed by atoms with Crippen LogP contribution >= 0.6 is 0 Å². The summed E-state index contributed by atoms with van der Waals surface area (Å²) in [6, 6.07) is 0. The van der Waals surface area contributed by atoms with Crippen molar-refractivity contribution in [1.82, 2.24) is 10.6 Å². The average molecular weight is 272 g/mol. The third-order valence-corrected chi connectivity index (χ3v) is 3.42. The lowest BCUT2D eigenvalue weighted by atomic mass is 9.96. The Kier molecular flexibility index (Phi) is 8.79. The van der Waals surface area contributed by atoms with E-state index in [0.717, 1.165) is 26.1 Å². The highest BCUT2D eigenvalue weighted by Gasteiger charge is 2.15. The molecule has 5 nitrogen and oxygen atoms in total. The van der Waals surface area contributed by atoms with E-state index in [-0.39, 0.29) is 5.91 Å². The molecule has 0 spiro atoms. The second kappa shape index (κ2) is 10.2. The molecule has 2 unspecified atom stereocenters. The lowest BCUT2D eigenvalue weighted by Gasteiger charge is -2.23. The Morgan fingerprint density at radius 2 is 2.32 bits per heavy atom. The minimum absolute atomic E-state index is 0.0275. The molecule has 1 rings (SSSR count). The smallest absolute Gasteiger partial charge is 0.248 e. The molecule has 0 aromatic heterocycles. The van der Waals surface area contributed by atoms with Crippen LogP contribution in [0, 0.1) is 5.92 Å². The molecule has 0 saturated carbocycles. The molecule has 112 valence electrons. The Hall–Kier alpha value is -0.650. The summed E-state index contributed by atoms with van der Waals surface area (Å²) in [5.41, 5.74) is 0. The number of rotatable bonds is 9. The number of ether oxygens (including phenoxy) is 2. The molecule has 0 radical (unpaired) electrons. The largest absolute Gasteiger partial charge is 0.379 e. The summed E-state index contributed by atoms with van der Waals surface area (Å²) in [6.07, 6.45) is 3.16. The molecular formula is C14H28N2O3. The third-order valence-electron chi connectivity index (χ3n) is 3.42. The van der Waals surface area contributed by atoms with Gasteiger partial charge in [-0.05, 0) is 52.1 Å². The molecule has 2 N–H and O–H groups in total. The Bertz CT molecular complexity index is 243. The van der Waals surface area contributed by atoms with Crippen LogP contribution in [0.1, 0.15) is 33.1 Å². The molecule has 2 atom stereocenters. The van der Waals surface area contributed by atoms with Crippen molar-refractivity contribution in [3.63, 3.8) is 0 Å². The topological polar surface area (TPSA) is 59.6 Å². The lowest BCUT2D eigenvalue weighted by Crippen LogP contribution is -2.37. The zero-order valence-corrected chi connectivity index (χ0v) is 12.2. The molecule has 1 heterocycles. The molecule has 1 aliphatic rings. The van der Waals surface area contributed by atoms with E-state index in [4.69, 9.17) is 9.47 Å². The van der Waals surface area contributed by atoms with Gasteiger partial charge in [0.25, 0.3) is 0 Å². The maximum Gasteiger partial charge on any atom is 0.248 e. The van der Waals surface area contributed by atoms with Crippen LogP contribution < -0.4 is 10.6 Å². The Morgan fingerprint density at radius 3 is 3.00 bits per heavy atom. The quantitative estimate of drug-likeness (QED) is 0.613. The van der Waals surface area contributed by atoms with Gasteiger partial charge in [-0.2, -0.15) is 0 Å². The number of carbonyl (C=O) groups excluding carboxylic acids is 1. The van der Waals surface area contributed by atoms with Crippen molar-refractivity contribution in [2.24, 2.45) is 5.92 Å². The SMILES string of the molecule is CCOCCOC(C)C(=O)NCCC1CCCNC1. The van der Waals surface area contributed by atoms with Crippen molar-refractivity contribution in [2.45, 2.75) is 39.2 Å². The first kappa shape index (κ1) is 16.4. The summed E-state index contributed by atoms with van der Waals surface area (Å²) in [6.45, 7) is 8.37. The van der Waals surface area contributed by atoms with Crippen LogP contribution in [0.4, 0.5) is 0 Å². The number of hydrogen-bond donors (Lipinski definition) is 2. The van der Waals surface area contributed by atoms with Crippen molar-refractivity contribution >= 4 is 5.91 Å². The van der Waals surface area contributed by atoms with E-state index < -0.39 is 6.10 Å². The number of nitrogens with one attached hydrogen (secondary N) is 2. The summed E-state index contributed by atoms with van der Waals surface area (Å²) in [4.78, 5) is 11.8. The van der Waals surface area contributed by atoms with Gasteiger partial charge in [0.1, 0.15) is 6.10 Å². The second-order valence-electron chi connectivity index (χ2n) is 5.00. The molecule has 19 heavy (non-hydrogen) atoms. The van der Waals surface area contributed by atoms with E-state index in [0.29, 0.717) is 25.7 Å². The maximum absolute atomic E-state index is 11.8. The molecule has 1 saturated heterocycles. The first-order valence-corrected chi connectivity index (χ1v) is 7.41. The Labute approximate surface area is 116 Å². The summed E-state index contributed by atoms with van der Waals surface area (Å²) >= 11 is 0. The monoisotopic (exact) mass is 272 g/mol. The van der Waals surface area contributed by atoms with Crippen molar-refractivity contribution in [1.29, 1.82) is 0 Å². The molecule has 5 heteroatoms. The number of piperidine rings is 1. The molecule has 0 aromatic rings. The highest BCUT2D eigenvalue weighted by atomic mass is 16.5. The van der Waals surface area contributed by atoms with Crippen LogP contribution in [0.25, 0.3) is 0 Å². The van der Waals surface area contributed by atoms with Crippen LogP contribution in [-0.4, -0.2) is 51.5 Å². The predicted octanol–water partition coefficient (Wildman–Crippen LogP) is 0.934. The number of amides is 1. The number of carbonyl (C=O) groups is 1. The second-order valence-corrected chi connectivity index (χ2v) is 5.00. The van der Waals surface area contributed by atoms with Crippen molar-refractivity contribution in [3.8, 4) is 0 Å². The first-order chi connectivity index (χ1) is 9.24. The molecule has 1 aliphatic heterocycles. The van der Waals surface area contributed by atoms with E-state index in [9.17, 15) is 4.79 Å². The van der Waals surface area contributed by atoms with Crippen LogP contribution in [0.5, 0.6) is 0 Å². The Balaban J connectivity index is 2.02. The van der Waals surface area contributed by atoms with Crippen molar-refractivity contribution < 1.29 is 14.3 Å². The zero-order valence-electron chi connectivity index (χ0n) is 12.2. The van der Waals surface area contributed by atoms with Crippen molar-refractivity contribution in [2.75, 3.05) is 39.5 Å². The van der Waals surface area contributed by atoms with Gasteiger partial charge in [-0.25, -0.2) is 0 Å². The molecule has 1 fully saturated rings. The maximum atomic E-state index is 11.8. The molecule has 1 amide bonds. The van der Waals surface area contributed by atoms with Gasteiger partial charge < -0.3 is 20.1 Å². The molecule has 0 aliphatic carbocycles. The van der Waals surface area contributed by atoms with Gasteiger partial charge in [0.05, 0.1) is 13.2 Å². The normalized spacial score (nSPS) is 21.1. The third kappa shape index (κ3) is 7.50. The van der Waals surface area contributed by atoms with Gasteiger partial charge in [-0.15, -0.1) is 0 Å². The van der Waals surface area contributed by atoms with E-state index in [1.807, 2.05) is 6.92 Å². The Morgan fingerprint density at radius 1 is 1.47 bits per heavy atom. The molecule has 0 bridgehead atoms. The van der Waals surface area contributed by atoms with Crippen LogP contribution in [0.15, 0.2) is 0 Å². The zero-order chi connectivity index (χ0) is 13.9. The fourth-order valence-corrected chi connectivity index (χ4v) is 2.22. The van der Waals surface area contributed by atoms with E-state index in [1.165, 1.54) is 12.8 Å². The van der Waals surface area contributed by atoms with Crippen LogP contribution in [0.2, 0.25) is 0 Å². The van der Waals surface area contributed by atoms with Crippen molar-refractivity contribution in [3.05, 3.63) is 0 Å². The standard InChI is InChI=1S/C14H28N2O3/c1-3-18-9-10-19-12(2)14(17)16-8-6-13-5-4-7-15-11-13/h12-13,15H,3-11H2,1-2H3,(H,16,17). The summed E-state index contributed by atoms with van der Waals surface area (Å²) < 4.78 is 10.6. The average Bonchev–Trinajstić information content (AvgIpc) is 2.44. The fraction of sp³-hybridized carbons (Fsp3) is 0.929. The first-order valence-electron chi connectivity index (χ1n) is 7.41. The van der Waals surface area contributed by atoms with Crippen LogP contribution in [-0.2, 0) is 14.3 Å². The van der Waals surface area contributed by atoms with Gasteiger partial charge in [0.15, 0.2) is 0 Å². The fourth-order valence-electron chi connectivity index (χ4n) is 2.22. The highest BCUT2D eigenvalue weighted by molar-refractivity contribution is 5.80. The minimum Gasteiger partial charge on any atom is -0.379 e. The predicted molar refractivity (Wildman–Crippen MR) is 75.1 cm³/mol. The van der Waals surface area contributed by atoms with Gasteiger partial charge >= 0.3 is 0 Å². The highest BCUT2D eigenvalue weighted by Crippen LogP contribution is 2.12. The van der Waals surface area contributed by atoms with Gasteiger partial charge in [-0.3, -0.25) is 4.79 Å². The summed E-state index contributed by atoms with van der Waals surface area (Å²) in [7, 11) is 0. The van der Waals surface area contributed by atoms with E-state index in [2.05, 4.69) is 10.6 Å². The minimum atomic E-state index is -0.398. The summed E-state index contributed by atoms with van der Waals surface area (Å²) in [5, 5.41) is 6.32.